The Kier molecular flexibility index (Phi) is 6.82. The molecule has 2 aromatic carbocycles. The van der Waals surface area contributed by atoms with Crippen molar-refractivity contribution in [2.45, 2.75) is 19.4 Å². The van der Waals surface area contributed by atoms with Crippen LogP contribution in [0, 0.1) is 6.92 Å². The van der Waals surface area contributed by atoms with Crippen LogP contribution >= 0.6 is 0 Å². The van der Waals surface area contributed by atoms with E-state index in [1.54, 1.807) is 73.4 Å². The summed E-state index contributed by atoms with van der Waals surface area (Å²) >= 11 is 0. The Morgan fingerprint density at radius 1 is 1.00 bits per heavy atom. The summed E-state index contributed by atoms with van der Waals surface area (Å²) in [6.07, 6.45) is 2.89. The molecule has 1 saturated heterocycles. The number of aryl methyl sites for hydroxylation is 1. The summed E-state index contributed by atoms with van der Waals surface area (Å²) in [5.41, 5.74) is 1.40. The number of nitrogens with one attached hydrogen (secondary N) is 1. The zero-order chi connectivity index (χ0) is 26.8. The number of amides is 3. The average Bonchev–Trinajstić information content (AvgIpc) is 3.13. The Morgan fingerprint density at radius 2 is 1.82 bits per heavy atom. The van der Waals surface area contributed by atoms with E-state index >= 15 is 0 Å². The van der Waals surface area contributed by atoms with Crippen molar-refractivity contribution >= 4 is 23.5 Å². The number of anilines is 1. The lowest BCUT2D eigenvalue weighted by Crippen LogP contribution is -2.29. The zero-order valence-electron chi connectivity index (χ0n) is 21.3. The van der Waals surface area contributed by atoms with Crippen molar-refractivity contribution in [1.29, 1.82) is 0 Å². The fourth-order valence-electron chi connectivity index (χ4n) is 4.14. The smallest absolute Gasteiger partial charge is 0.263 e. The number of ether oxygens (including phenoxy) is 3. The molecule has 0 bridgehead atoms. The van der Waals surface area contributed by atoms with Crippen LogP contribution in [-0.4, -0.2) is 77.4 Å². The van der Waals surface area contributed by atoms with Crippen LogP contribution in [-0.2, 0) is 4.79 Å². The summed E-state index contributed by atoms with van der Waals surface area (Å²) in [7, 11) is 3.44. The van der Waals surface area contributed by atoms with Crippen molar-refractivity contribution in [3.63, 3.8) is 0 Å². The molecule has 1 atom stereocenters. The highest BCUT2D eigenvalue weighted by Gasteiger charge is 2.31. The first-order valence-electron chi connectivity index (χ1n) is 12.1. The number of hydrogen-bond donors (Lipinski definition) is 1. The zero-order valence-corrected chi connectivity index (χ0v) is 21.3. The molecule has 196 valence electrons. The molecule has 3 amide bonds. The largest absolute Gasteiger partial charge is 0.491 e. The normalized spacial score (nSPS) is 17.0. The fraction of sp³-hybridized carbons (Fsp3) is 0.296. The van der Waals surface area contributed by atoms with E-state index < -0.39 is 12.0 Å². The molecular weight excluding hydrogens is 490 g/mol. The van der Waals surface area contributed by atoms with Gasteiger partial charge in [-0.2, -0.15) is 0 Å². The third kappa shape index (κ3) is 5.36. The van der Waals surface area contributed by atoms with Crippen molar-refractivity contribution in [2.24, 2.45) is 0 Å². The van der Waals surface area contributed by atoms with Crippen LogP contribution in [0.5, 0.6) is 23.0 Å². The van der Waals surface area contributed by atoms with Gasteiger partial charge in [0.05, 0.1) is 30.2 Å². The molecule has 1 fully saturated rings. The minimum absolute atomic E-state index is 0.130. The van der Waals surface area contributed by atoms with Gasteiger partial charge in [0, 0.05) is 44.8 Å². The molecule has 2 aliphatic rings. The molecular formula is C27H27N5O6. The lowest BCUT2D eigenvalue weighted by Gasteiger charge is -2.16. The monoisotopic (exact) mass is 517 g/mol. The molecule has 1 aromatic heterocycles. The molecule has 0 unspecified atom stereocenters. The predicted molar refractivity (Wildman–Crippen MR) is 137 cm³/mol. The minimum Gasteiger partial charge on any atom is -0.491 e. The first-order valence-corrected chi connectivity index (χ1v) is 12.1. The van der Waals surface area contributed by atoms with Gasteiger partial charge in [0.2, 0.25) is 0 Å². The summed E-state index contributed by atoms with van der Waals surface area (Å²) < 4.78 is 17.8. The molecule has 11 heteroatoms. The first kappa shape index (κ1) is 25.0. The highest BCUT2D eigenvalue weighted by Crippen LogP contribution is 2.33. The van der Waals surface area contributed by atoms with Crippen LogP contribution in [0.2, 0.25) is 0 Å². The number of hydrogen-bond acceptors (Lipinski definition) is 8. The van der Waals surface area contributed by atoms with E-state index in [0.29, 0.717) is 60.5 Å². The summed E-state index contributed by atoms with van der Waals surface area (Å²) in [6.45, 7) is 3.22. The van der Waals surface area contributed by atoms with E-state index in [1.165, 1.54) is 6.20 Å². The summed E-state index contributed by atoms with van der Waals surface area (Å²) in [6, 6.07) is 9.65. The van der Waals surface area contributed by atoms with Gasteiger partial charge in [-0.15, -0.1) is 0 Å². The van der Waals surface area contributed by atoms with E-state index in [2.05, 4.69) is 15.3 Å². The molecule has 0 radical (unpaired) electrons. The van der Waals surface area contributed by atoms with Gasteiger partial charge < -0.3 is 29.3 Å². The van der Waals surface area contributed by atoms with Crippen LogP contribution in [0.1, 0.15) is 32.8 Å². The number of likely N-dealkylation sites (tertiary alicyclic amines) is 1. The highest BCUT2D eigenvalue weighted by molar-refractivity contribution is 6.04. The third-order valence-electron chi connectivity index (χ3n) is 6.27. The van der Waals surface area contributed by atoms with Gasteiger partial charge in [0.1, 0.15) is 29.6 Å². The maximum absolute atomic E-state index is 13.1. The van der Waals surface area contributed by atoms with E-state index in [0.717, 1.165) is 5.69 Å². The Labute approximate surface area is 219 Å². The molecule has 2 aliphatic heterocycles. The first-order chi connectivity index (χ1) is 18.3. The number of carbonyl (C=O) groups is 3. The number of nitrogens with zero attached hydrogens (tertiary/aromatic N) is 4. The van der Waals surface area contributed by atoms with Crippen molar-refractivity contribution in [3.8, 4) is 23.0 Å². The maximum atomic E-state index is 13.1. The third-order valence-corrected chi connectivity index (χ3v) is 6.27. The van der Waals surface area contributed by atoms with Gasteiger partial charge in [0.15, 0.2) is 11.9 Å². The molecule has 38 heavy (non-hydrogen) atoms. The van der Waals surface area contributed by atoms with E-state index in [4.69, 9.17) is 14.2 Å². The van der Waals surface area contributed by atoms with Crippen LogP contribution in [0.4, 0.5) is 5.82 Å². The van der Waals surface area contributed by atoms with Crippen LogP contribution in [0.25, 0.3) is 0 Å². The lowest BCUT2D eigenvalue weighted by molar-refractivity contribution is -0.132. The average molecular weight is 518 g/mol. The summed E-state index contributed by atoms with van der Waals surface area (Å²) in [5, 5.41) is 2.71. The van der Waals surface area contributed by atoms with Crippen LogP contribution < -0.4 is 19.5 Å². The van der Waals surface area contributed by atoms with Gasteiger partial charge in [-0.1, -0.05) is 0 Å². The van der Waals surface area contributed by atoms with E-state index in [1.807, 2.05) is 0 Å². The fourth-order valence-corrected chi connectivity index (χ4v) is 4.14. The minimum atomic E-state index is -0.655. The van der Waals surface area contributed by atoms with Gasteiger partial charge in [0.25, 0.3) is 17.7 Å². The molecule has 11 nitrogen and oxygen atoms in total. The van der Waals surface area contributed by atoms with Crippen LogP contribution in [0.15, 0.2) is 48.8 Å². The van der Waals surface area contributed by atoms with Gasteiger partial charge >= 0.3 is 0 Å². The molecule has 0 saturated carbocycles. The van der Waals surface area contributed by atoms with Crippen LogP contribution in [0.3, 0.4) is 0 Å². The highest BCUT2D eigenvalue weighted by atomic mass is 16.5. The molecule has 3 aromatic rings. The van der Waals surface area contributed by atoms with Gasteiger partial charge in [-0.25, -0.2) is 4.98 Å². The van der Waals surface area contributed by atoms with E-state index in [9.17, 15) is 14.4 Å². The number of carbonyl (C=O) groups excluding carboxylic acids is 3. The topological polar surface area (TPSA) is 123 Å². The van der Waals surface area contributed by atoms with Gasteiger partial charge in [-0.3, -0.25) is 19.4 Å². The second-order valence-electron chi connectivity index (χ2n) is 9.18. The Balaban J connectivity index is 1.43. The maximum Gasteiger partial charge on any atom is 0.263 e. The van der Waals surface area contributed by atoms with Crippen molar-refractivity contribution < 1.29 is 28.6 Å². The van der Waals surface area contributed by atoms with Crippen molar-refractivity contribution in [3.05, 3.63) is 65.6 Å². The van der Waals surface area contributed by atoms with Gasteiger partial charge in [-0.05, 0) is 31.2 Å². The number of aromatic nitrogens is 2. The standard InChI is InChI=1S/C27H27N5O6/c1-16-14-29-24(15-28-16)30-25(33)17-10-19(12-20(11-17)38-22-6-7-31(2)27(22)35)37-18-4-5-21-23(13-18)36-9-8-32(3)26(21)34/h4-5,10-15,22H,6-9H2,1-3H3,(H,29,30,33)/t22-/m0/s1. The van der Waals surface area contributed by atoms with E-state index in [-0.39, 0.29) is 17.4 Å². The van der Waals surface area contributed by atoms with Crippen molar-refractivity contribution in [1.82, 2.24) is 19.8 Å². The number of rotatable bonds is 6. The molecule has 1 N–H and O–H groups in total. The number of likely N-dealkylation sites (N-methyl/N-ethyl adjacent to an activating group) is 2. The Morgan fingerprint density at radius 3 is 2.55 bits per heavy atom. The Bertz CT molecular complexity index is 1390. The Hall–Kier alpha value is -4.67. The predicted octanol–water partition coefficient (Wildman–Crippen LogP) is 2.90. The summed E-state index contributed by atoms with van der Waals surface area (Å²) in [5.74, 6) is 1.01. The molecule has 0 spiro atoms. The molecule has 0 aliphatic carbocycles. The number of fused-ring (bicyclic) bond motifs is 1. The second-order valence-corrected chi connectivity index (χ2v) is 9.18. The second kappa shape index (κ2) is 10.4. The summed E-state index contributed by atoms with van der Waals surface area (Å²) in [4.78, 5) is 49.6. The number of benzene rings is 2. The lowest BCUT2D eigenvalue weighted by atomic mass is 10.1. The quantitative estimate of drug-likeness (QED) is 0.530. The molecule has 5 rings (SSSR count). The molecule has 3 heterocycles. The van der Waals surface area contributed by atoms with Crippen molar-refractivity contribution in [2.75, 3.05) is 39.1 Å². The SMILES string of the molecule is Cc1cnc(NC(=O)c2cc(Oc3ccc4c(c3)OCCN(C)C4=O)cc(O[C@H]3CCN(C)C3=O)c2)cn1.